The SMILES string of the molecule is CN(c1ccc2c(c1)nnn2C1CCC(=O)NC1=O)C1CCN(C(=O)OC(C)(C)C)CC1. The molecule has 10 heteroatoms. The van der Waals surface area contributed by atoms with E-state index in [0.717, 1.165) is 24.0 Å². The van der Waals surface area contributed by atoms with Crippen molar-refractivity contribution < 1.29 is 19.1 Å². The van der Waals surface area contributed by atoms with E-state index in [-0.39, 0.29) is 23.9 Å². The van der Waals surface area contributed by atoms with Gasteiger partial charge in [-0.1, -0.05) is 5.21 Å². The second-order valence-electron chi connectivity index (χ2n) is 9.48. The molecule has 4 rings (SSSR count). The molecule has 0 spiro atoms. The molecule has 2 saturated heterocycles. The Morgan fingerprint density at radius 1 is 1.19 bits per heavy atom. The van der Waals surface area contributed by atoms with Gasteiger partial charge in [-0.2, -0.15) is 0 Å². The zero-order valence-electron chi connectivity index (χ0n) is 19.0. The number of amides is 3. The van der Waals surface area contributed by atoms with Gasteiger partial charge in [0.05, 0.1) is 5.52 Å². The number of anilines is 1. The first kappa shape index (κ1) is 22.0. The molecule has 2 aromatic rings. The summed E-state index contributed by atoms with van der Waals surface area (Å²) in [5.41, 5.74) is 1.97. The Bertz CT molecular complexity index is 1030. The van der Waals surface area contributed by atoms with Gasteiger partial charge in [-0.15, -0.1) is 5.10 Å². The summed E-state index contributed by atoms with van der Waals surface area (Å²) >= 11 is 0. The van der Waals surface area contributed by atoms with Gasteiger partial charge in [-0.05, 0) is 58.2 Å². The highest BCUT2D eigenvalue weighted by Gasteiger charge is 2.31. The van der Waals surface area contributed by atoms with Gasteiger partial charge < -0.3 is 14.5 Å². The van der Waals surface area contributed by atoms with Gasteiger partial charge in [0.15, 0.2) is 0 Å². The summed E-state index contributed by atoms with van der Waals surface area (Å²) in [4.78, 5) is 39.9. The van der Waals surface area contributed by atoms with Crippen LogP contribution in [0.2, 0.25) is 0 Å². The van der Waals surface area contributed by atoms with Crippen LogP contribution < -0.4 is 10.2 Å². The standard InChI is InChI=1S/C22H30N6O4/c1-22(2,3)32-21(31)27-11-9-14(10-12-27)26(4)15-5-6-17-16(13-15)24-25-28(17)18-7-8-19(29)23-20(18)30/h5-6,13-14,18H,7-12H2,1-4H3,(H,23,29,30). The molecule has 10 nitrogen and oxygen atoms in total. The van der Waals surface area contributed by atoms with Gasteiger partial charge in [-0.25, -0.2) is 9.48 Å². The smallest absolute Gasteiger partial charge is 0.410 e. The third kappa shape index (κ3) is 4.53. The summed E-state index contributed by atoms with van der Waals surface area (Å²) < 4.78 is 7.08. The number of fused-ring (bicyclic) bond motifs is 1. The van der Waals surface area contributed by atoms with Crippen molar-refractivity contribution in [3.63, 3.8) is 0 Å². The molecule has 1 unspecified atom stereocenters. The Balaban J connectivity index is 1.43. The summed E-state index contributed by atoms with van der Waals surface area (Å²) in [5.74, 6) is -0.594. The highest BCUT2D eigenvalue weighted by Crippen LogP contribution is 2.28. The lowest BCUT2D eigenvalue weighted by molar-refractivity contribution is -0.135. The molecule has 2 aliphatic heterocycles. The van der Waals surface area contributed by atoms with Crippen LogP contribution in [0.3, 0.4) is 0 Å². The minimum atomic E-state index is -0.529. The number of rotatable bonds is 3. The number of likely N-dealkylation sites (tertiary alicyclic amines) is 1. The molecule has 0 aliphatic carbocycles. The number of piperidine rings is 2. The molecule has 2 fully saturated rings. The number of nitrogens with one attached hydrogen (secondary N) is 1. The summed E-state index contributed by atoms with van der Waals surface area (Å²) in [6.07, 6.45) is 2.14. The predicted octanol–water partition coefficient (Wildman–Crippen LogP) is 2.24. The Labute approximate surface area is 186 Å². The quantitative estimate of drug-likeness (QED) is 0.726. The predicted molar refractivity (Wildman–Crippen MR) is 118 cm³/mol. The average molecular weight is 443 g/mol. The Kier molecular flexibility index (Phi) is 5.79. The molecular formula is C22H30N6O4. The van der Waals surface area contributed by atoms with Gasteiger partial charge in [0.2, 0.25) is 5.91 Å². The summed E-state index contributed by atoms with van der Waals surface area (Å²) in [6, 6.07) is 5.63. The lowest BCUT2D eigenvalue weighted by atomic mass is 10.0. The van der Waals surface area contributed by atoms with E-state index in [2.05, 4.69) is 20.5 Å². The molecule has 3 heterocycles. The highest BCUT2D eigenvalue weighted by atomic mass is 16.6. The van der Waals surface area contributed by atoms with E-state index < -0.39 is 11.6 Å². The molecule has 2 aliphatic rings. The van der Waals surface area contributed by atoms with Gasteiger partial charge in [0.1, 0.15) is 17.2 Å². The third-order valence-corrected chi connectivity index (χ3v) is 6.03. The Hall–Kier alpha value is -3.17. The molecule has 0 radical (unpaired) electrons. The number of hydrogen-bond donors (Lipinski definition) is 1. The van der Waals surface area contributed by atoms with E-state index in [9.17, 15) is 14.4 Å². The maximum absolute atomic E-state index is 12.3. The fourth-order valence-electron chi connectivity index (χ4n) is 4.27. The monoisotopic (exact) mass is 442 g/mol. The van der Waals surface area contributed by atoms with E-state index in [1.807, 2.05) is 46.0 Å². The molecule has 1 aromatic carbocycles. The van der Waals surface area contributed by atoms with E-state index in [1.165, 1.54) is 0 Å². The zero-order valence-corrected chi connectivity index (χ0v) is 19.0. The Morgan fingerprint density at radius 2 is 1.91 bits per heavy atom. The normalized spacial score (nSPS) is 20.4. The first-order chi connectivity index (χ1) is 15.1. The van der Waals surface area contributed by atoms with E-state index >= 15 is 0 Å². The number of benzene rings is 1. The number of aromatic nitrogens is 3. The van der Waals surface area contributed by atoms with Crippen LogP contribution in [0.5, 0.6) is 0 Å². The Morgan fingerprint density at radius 3 is 2.56 bits per heavy atom. The van der Waals surface area contributed by atoms with Crippen LogP contribution in [0.25, 0.3) is 11.0 Å². The summed E-state index contributed by atoms with van der Waals surface area (Å²) in [7, 11) is 2.04. The van der Waals surface area contributed by atoms with E-state index in [1.54, 1.807) is 9.58 Å². The van der Waals surface area contributed by atoms with Crippen molar-refractivity contribution in [1.82, 2.24) is 25.2 Å². The van der Waals surface area contributed by atoms with E-state index in [0.29, 0.717) is 31.4 Å². The number of hydrogen-bond acceptors (Lipinski definition) is 7. The van der Waals surface area contributed by atoms with Gasteiger partial charge in [0, 0.05) is 38.3 Å². The molecule has 32 heavy (non-hydrogen) atoms. The van der Waals surface area contributed by atoms with Gasteiger partial charge >= 0.3 is 6.09 Å². The number of nitrogens with zero attached hydrogens (tertiary/aromatic N) is 5. The molecule has 1 atom stereocenters. The topological polar surface area (TPSA) is 110 Å². The average Bonchev–Trinajstić information content (AvgIpc) is 3.15. The molecular weight excluding hydrogens is 412 g/mol. The summed E-state index contributed by atoms with van der Waals surface area (Å²) in [6.45, 7) is 6.92. The number of carbonyl (C=O) groups excluding carboxylic acids is 3. The fourth-order valence-corrected chi connectivity index (χ4v) is 4.27. The molecule has 0 bridgehead atoms. The number of ether oxygens (including phenoxy) is 1. The van der Waals surface area contributed by atoms with Gasteiger partial charge in [0.25, 0.3) is 5.91 Å². The van der Waals surface area contributed by atoms with Gasteiger partial charge in [-0.3, -0.25) is 14.9 Å². The second kappa shape index (κ2) is 8.40. The highest BCUT2D eigenvalue weighted by molar-refractivity contribution is 6.00. The lowest BCUT2D eigenvalue weighted by Gasteiger charge is -2.38. The van der Waals surface area contributed by atoms with Crippen molar-refractivity contribution in [3.05, 3.63) is 18.2 Å². The second-order valence-corrected chi connectivity index (χ2v) is 9.48. The van der Waals surface area contributed by atoms with Crippen LogP contribution in [-0.2, 0) is 14.3 Å². The van der Waals surface area contributed by atoms with Crippen LogP contribution >= 0.6 is 0 Å². The largest absolute Gasteiger partial charge is 0.444 e. The van der Waals surface area contributed by atoms with Crippen molar-refractivity contribution in [2.75, 3.05) is 25.0 Å². The van der Waals surface area contributed by atoms with Crippen LogP contribution in [-0.4, -0.2) is 69.6 Å². The number of carbonyl (C=O) groups is 3. The van der Waals surface area contributed by atoms with Crippen LogP contribution in [0, 0.1) is 0 Å². The number of imide groups is 1. The van der Waals surface area contributed by atoms with Crippen molar-refractivity contribution in [2.24, 2.45) is 0 Å². The maximum atomic E-state index is 12.3. The fraction of sp³-hybridized carbons (Fsp3) is 0.591. The molecule has 172 valence electrons. The molecule has 3 amide bonds. The van der Waals surface area contributed by atoms with Crippen molar-refractivity contribution in [3.8, 4) is 0 Å². The minimum Gasteiger partial charge on any atom is -0.444 e. The lowest BCUT2D eigenvalue weighted by Crippen LogP contribution is -2.47. The molecule has 1 aromatic heterocycles. The first-order valence-electron chi connectivity index (χ1n) is 11.0. The zero-order chi connectivity index (χ0) is 23.0. The summed E-state index contributed by atoms with van der Waals surface area (Å²) in [5, 5.41) is 10.8. The van der Waals surface area contributed by atoms with Crippen LogP contribution in [0.1, 0.15) is 52.5 Å². The minimum absolute atomic E-state index is 0.253. The van der Waals surface area contributed by atoms with Crippen molar-refractivity contribution in [1.29, 1.82) is 0 Å². The first-order valence-corrected chi connectivity index (χ1v) is 11.0. The van der Waals surface area contributed by atoms with Crippen molar-refractivity contribution in [2.45, 2.75) is 64.1 Å². The maximum Gasteiger partial charge on any atom is 0.410 e. The van der Waals surface area contributed by atoms with E-state index in [4.69, 9.17) is 4.74 Å². The van der Waals surface area contributed by atoms with Crippen molar-refractivity contribution >= 4 is 34.6 Å². The molecule has 0 saturated carbocycles. The third-order valence-electron chi connectivity index (χ3n) is 6.03. The van der Waals surface area contributed by atoms with Crippen LogP contribution in [0.4, 0.5) is 10.5 Å². The van der Waals surface area contributed by atoms with Crippen LogP contribution in [0.15, 0.2) is 18.2 Å². The molecule has 1 N–H and O–H groups in total.